The number of amides is 1. The third kappa shape index (κ3) is 5.45. The predicted octanol–water partition coefficient (Wildman–Crippen LogP) is 3.62. The number of hydrogen-bond acceptors (Lipinski definition) is 6. The van der Waals surface area contributed by atoms with Crippen molar-refractivity contribution >= 4 is 29.2 Å². The topological polar surface area (TPSA) is 74.9 Å². The third-order valence-electron chi connectivity index (χ3n) is 5.73. The Morgan fingerprint density at radius 2 is 1.97 bits per heavy atom. The summed E-state index contributed by atoms with van der Waals surface area (Å²) in [6.45, 7) is 12.2. The molecule has 0 aliphatic carbocycles. The fraction of sp³-hybridized carbons (Fsp3) is 0.714. The van der Waals surface area contributed by atoms with Crippen molar-refractivity contribution in [1.29, 1.82) is 0 Å². The molecule has 7 nitrogen and oxygen atoms in total. The van der Waals surface area contributed by atoms with E-state index < -0.39 is 5.60 Å². The largest absolute Gasteiger partial charge is 0.444 e. The second-order valence-electron chi connectivity index (χ2n) is 9.02. The van der Waals surface area contributed by atoms with Crippen molar-refractivity contribution in [3.05, 3.63) is 17.3 Å². The lowest BCUT2D eigenvalue weighted by Crippen LogP contribution is -2.59. The lowest BCUT2D eigenvalue weighted by molar-refractivity contribution is 0.00945. The van der Waals surface area contributed by atoms with Gasteiger partial charge in [-0.25, -0.2) is 9.78 Å². The number of pyridine rings is 1. The molecule has 2 aliphatic heterocycles. The van der Waals surface area contributed by atoms with Crippen LogP contribution in [0.5, 0.6) is 0 Å². The summed E-state index contributed by atoms with van der Waals surface area (Å²) < 4.78 is 5.52. The lowest BCUT2D eigenvalue weighted by Gasteiger charge is -2.47. The molecule has 29 heavy (non-hydrogen) atoms. The van der Waals surface area contributed by atoms with Crippen LogP contribution in [-0.2, 0) is 4.74 Å². The summed E-state index contributed by atoms with van der Waals surface area (Å²) in [7, 11) is 0. The van der Waals surface area contributed by atoms with Crippen molar-refractivity contribution < 1.29 is 9.53 Å². The molecule has 162 valence electrons. The van der Waals surface area contributed by atoms with Gasteiger partial charge < -0.3 is 20.3 Å². The van der Waals surface area contributed by atoms with Crippen LogP contribution in [0.25, 0.3) is 0 Å². The summed E-state index contributed by atoms with van der Waals surface area (Å²) in [4.78, 5) is 23.5. The molecule has 0 saturated carbocycles. The van der Waals surface area contributed by atoms with E-state index in [1.165, 1.54) is 0 Å². The summed E-state index contributed by atoms with van der Waals surface area (Å²) >= 11 is 6.38. The third-order valence-corrected chi connectivity index (χ3v) is 6.01. The van der Waals surface area contributed by atoms with Gasteiger partial charge in [-0.2, -0.15) is 0 Å². The number of nitrogen functional groups attached to an aromatic ring is 1. The van der Waals surface area contributed by atoms with Crippen molar-refractivity contribution in [3.63, 3.8) is 0 Å². The molecule has 0 spiro atoms. The van der Waals surface area contributed by atoms with E-state index in [1.54, 1.807) is 12.3 Å². The smallest absolute Gasteiger partial charge is 0.410 e. The molecule has 2 fully saturated rings. The van der Waals surface area contributed by atoms with E-state index in [0.29, 0.717) is 22.8 Å². The maximum atomic E-state index is 12.3. The number of anilines is 2. The van der Waals surface area contributed by atoms with Crippen LogP contribution < -0.4 is 10.6 Å². The minimum absolute atomic E-state index is 0.197. The predicted molar refractivity (Wildman–Crippen MR) is 117 cm³/mol. The van der Waals surface area contributed by atoms with E-state index in [-0.39, 0.29) is 6.09 Å². The zero-order chi connectivity index (χ0) is 21.2. The van der Waals surface area contributed by atoms with Gasteiger partial charge in [-0.15, -0.1) is 0 Å². The van der Waals surface area contributed by atoms with Crippen LogP contribution in [0.2, 0.25) is 5.02 Å². The quantitative estimate of drug-likeness (QED) is 0.800. The Balaban J connectivity index is 1.58. The lowest BCUT2D eigenvalue weighted by atomic mass is 9.98. The van der Waals surface area contributed by atoms with Gasteiger partial charge in [0, 0.05) is 44.8 Å². The maximum Gasteiger partial charge on any atom is 0.410 e. The highest BCUT2D eigenvalue weighted by molar-refractivity contribution is 6.33. The molecule has 1 aromatic heterocycles. The number of carbonyl (C=O) groups excluding carboxylic acids is 1. The van der Waals surface area contributed by atoms with Gasteiger partial charge in [-0.05, 0) is 46.1 Å². The van der Waals surface area contributed by atoms with Gasteiger partial charge in [0.2, 0.25) is 0 Å². The average molecular weight is 424 g/mol. The number of piperazine rings is 1. The molecule has 0 bridgehead atoms. The van der Waals surface area contributed by atoms with Gasteiger partial charge in [0.15, 0.2) is 0 Å². The van der Waals surface area contributed by atoms with Crippen LogP contribution in [0.3, 0.4) is 0 Å². The van der Waals surface area contributed by atoms with Crippen LogP contribution in [0.1, 0.15) is 47.0 Å². The zero-order valence-corrected chi connectivity index (χ0v) is 18.8. The Hall–Kier alpha value is -1.73. The van der Waals surface area contributed by atoms with Crippen molar-refractivity contribution in [1.82, 2.24) is 14.8 Å². The number of nitrogens with zero attached hydrogens (tertiary/aromatic N) is 4. The minimum Gasteiger partial charge on any atom is -0.444 e. The van der Waals surface area contributed by atoms with Crippen LogP contribution in [0, 0.1) is 0 Å². The SMILES string of the molecule is CC[C@H]1CN(c2ncc(N)cc2Cl)CCN1C1CCN(C(=O)OC(C)(C)C)CC1. The summed E-state index contributed by atoms with van der Waals surface area (Å²) in [6, 6.07) is 2.71. The second kappa shape index (κ2) is 8.96. The Bertz CT molecular complexity index is 716. The molecule has 1 aromatic rings. The molecule has 2 saturated heterocycles. The van der Waals surface area contributed by atoms with E-state index in [0.717, 1.165) is 57.8 Å². The van der Waals surface area contributed by atoms with E-state index in [2.05, 4.69) is 21.7 Å². The molecule has 2 N–H and O–H groups in total. The monoisotopic (exact) mass is 423 g/mol. The number of aromatic nitrogens is 1. The first-order valence-electron chi connectivity index (χ1n) is 10.6. The first-order valence-corrected chi connectivity index (χ1v) is 11.0. The molecule has 3 heterocycles. The Labute approximate surface area is 179 Å². The number of halogens is 1. The zero-order valence-electron chi connectivity index (χ0n) is 18.0. The Morgan fingerprint density at radius 1 is 1.28 bits per heavy atom. The van der Waals surface area contributed by atoms with E-state index in [4.69, 9.17) is 22.1 Å². The average Bonchev–Trinajstić information content (AvgIpc) is 2.66. The molecule has 0 radical (unpaired) electrons. The summed E-state index contributed by atoms with van der Waals surface area (Å²) in [5, 5.41) is 0.610. The normalized spacial score (nSPS) is 22.0. The Morgan fingerprint density at radius 3 is 2.55 bits per heavy atom. The van der Waals surface area contributed by atoms with Crippen molar-refractivity contribution in [2.24, 2.45) is 0 Å². The van der Waals surface area contributed by atoms with Crippen LogP contribution in [0.4, 0.5) is 16.3 Å². The molecule has 2 aliphatic rings. The first kappa shape index (κ1) is 22.0. The molecule has 3 rings (SSSR count). The molecule has 8 heteroatoms. The molecule has 0 unspecified atom stereocenters. The molecule has 1 amide bonds. The van der Waals surface area contributed by atoms with Crippen LogP contribution in [0.15, 0.2) is 12.3 Å². The van der Waals surface area contributed by atoms with Crippen molar-refractivity contribution in [2.45, 2.75) is 64.6 Å². The minimum atomic E-state index is -0.449. The highest BCUT2D eigenvalue weighted by Crippen LogP contribution is 2.30. The van der Waals surface area contributed by atoms with Gasteiger partial charge in [-0.1, -0.05) is 18.5 Å². The number of likely N-dealkylation sites (tertiary alicyclic amines) is 1. The molecular weight excluding hydrogens is 390 g/mol. The van der Waals surface area contributed by atoms with E-state index in [9.17, 15) is 4.79 Å². The van der Waals surface area contributed by atoms with Crippen LogP contribution in [-0.4, -0.2) is 71.3 Å². The summed E-state index contributed by atoms with van der Waals surface area (Å²) in [5.41, 5.74) is 5.92. The fourth-order valence-electron chi connectivity index (χ4n) is 4.29. The number of piperidine rings is 1. The number of rotatable bonds is 3. The van der Waals surface area contributed by atoms with Gasteiger partial charge in [0.05, 0.1) is 16.9 Å². The van der Waals surface area contributed by atoms with Crippen molar-refractivity contribution in [2.75, 3.05) is 43.4 Å². The van der Waals surface area contributed by atoms with Gasteiger partial charge in [-0.3, -0.25) is 4.90 Å². The Kier molecular flexibility index (Phi) is 6.79. The summed E-state index contributed by atoms with van der Waals surface area (Å²) in [5.74, 6) is 0.818. The second-order valence-corrected chi connectivity index (χ2v) is 9.43. The standard InChI is InChI=1S/C21H34ClN5O2/c1-5-16-14-26(19-18(22)12-15(23)13-24-19)10-11-27(16)17-6-8-25(9-7-17)20(28)29-21(2,3)4/h12-13,16-17H,5-11,14,23H2,1-4H3/t16-/m0/s1. The van der Waals surface area contributed by atoms with Crippen molar-refractivity contribution in [3.8, 4) is 0 Å². The fourth-order valence-corrected chi connectivity index (χ4v) is 4.59. The van der Waals surface area contributed by atoms with Gasteiger partial charge >= 0.3 is 6.09 Å². The first-order chi connectivity index (χ1) is 13.7. The highest BCUT2D eigenvalue weighted by Gasteiger charge is 2.35. The number of nitrogens with two attached hydrogens (primary N) is 1. The number of hydrogen-bond donors (Lipinski definition) is 1. The van der Waals surface area contributed by atoms with Crippen LogP contribution >= 0.6 is 11.6 Å². The number of carbonyl (C=O) groups is 1. The van der Waals surface area contributed by atoms with Gasteiger partial charge in [0.1, 0.15) is 11.4 Å². The van der Waals surface area contributed by atoms with E-state index >= 15 is 0 Å². The summed E-state index contributed by atoms with van der Waals surface area (Å²) in [6.07, 6.45) is 4.50. The maximum absolute atomic E-state index is 12.3. The van der Waals surface area contributed by atoms with E-state index in [1.807, 2.05) is 25.7 Å². The number of ether oxygens (including phenoxy) is 1. The molecular formula is C21H34ClN5O2. The molecule has 0 aromatic carbocycles. The van der Waals surface area contributed by atoms with Gasteiger partial charge in [0.25, 0.3) is 0 Å². The molecule has 1 atom stereocenters. The highest BCUT2D eigenvalue weighted by atomic mass is 35.5.